The minimum atomic E-state index is -0.682. The summed E-state index contributed by atoms with van der Waals surface area (Å²) in [5.41, 5.74) is 4.69. The van der Waals surface area contributed by atoms with Gasteiger partial charge < -0.3 is 10.0 Å². The Morgan fingerprint density at radius 3 is 2.38 bits per heavy atom. The van der Waals surface area contributed by atoms with Crippen LogP contribution in [0.15, 0.2) is 84.6 Å². The maximum Gasteiger partial charge on any atom is 0.295 e. The van der Waals surface area contributed by atoms with Crippen LogP contribution in [-0.4, -0.2) is 37.6 Å². The van der Waals surface area contributed by atoms with Crippen molar-refractivity contribution in [1.29, 1.82) is 0 Å². The number of likely N-dealkylation sites (tertiary alicyclic amines) is 1. The van der Waals surface area contributed by atoms with Crippen molar-refractivity contribution in [2.45, 2.75) is 26.3 Å². The highest BCUT2D eigenvalue weighted by Gasteiger charge is 2.46. The molecule has 1 unspecified atom stereocenters. The fourth-order valence-corrected chi connectivity index (χ4v) is 4.63. The van der Waals surface area contributed by atoms with Crippen LogP contribution in [0.4, 0.5) is 0 Å². The molecule has 1 saturated heterocycles. The molecule has 6 heteroatoms. The molecule has 4 aromatic rings. The molecule has 1 aliphatic rings. The minimum Gasteiger partial charge on any atom is -0.505 e. The molecule has 5 rings (SSSR count). The zero-order chi connectivity index (χ0) is 23.8. The second-order valence-corrected chi connectivity index (χ2v) is 8.61. The first-order valence-corrected chi connectivity index (χ1v) is 11.3. The first-order valence-electron chi connectivity index (χ1n) is 11.3. The van der Waals surface area contributed by atoms with E-state index in [9.17, 15) is 14.7 Å². The van der Waals surface area contributed by atoms with Crippen molar-refractivity contribution in [2.24, 2.45) is 0 Å². The van der Waals surface area contributed by atoms with Crippen LogP contribution in [0.2, 0.25) is 0 Å². The molecule has 6 nitrogen and oxygen atoms in total. The topological polar surface area (TPSA) is 74.9 Å². The molecule has 170 valence electrons. The maximum absolute atomic E-state index is 13.3. The van der Waals surface area contributed by atoms with E-state index in [2.05, 4.69) is 4.98 Å². The van der Waals surface area contributed by atoms with Gasteiger partial charge in [-0.3, -0.25) is 14.0 Å². The number of nitrogens with zero attached hydrogens (tertiary/aromatic N) is 3. The quantitative estimate of drug-likeness (QED) is 0.273. The largest absolute Gasteiger partial charge is 0.505 e. The lowest BCUT2D eigenvalue weighted by Gasteiger charge is -2.25. The van der Waals surface area contributed by atoms with Crippen LogP contribution in [0, 0.1) is 13.8 Å². The lowest BCUT2D eigenvalue weighted by Crippen LogP contribution is -2.31. The molecule has 0 aliphatic carbocycles. The highest BCUT2D eigenvalue weighted by Crippen LogP contribution is 2.40. The number of hydrogen-bond donors (Lipinski definition) is 1. The number of benzene rings is 2. The number of fused-ring (bicyclic) bond motifs is 1. The summed E-state index contributed by atoms with van der Waals surface area (Å²) in [7, 11) is 0. The van der Waals surface area contributed by atoms with Crippen LogP contribution in [0.1, 0.15) is 34.1 Å². The van der Waals surface area contributed by atoms with E-state index >= 15 is 0 Å². The molecule has 34 heavy (non-hydrogen) atoms. The van der Waals surface area contributed by atoms with Gasteiger partial charge in [-0.25, -0.2) is 4.98 Å². The summed E-state index contributed by atoms with van der Waals surface area (Å²) in [5, 5.41) is 11.5. The Morgan fingerprint density at radius 1 is 0.941 bits per heavy atom. The molecule has 1 fully saturated rings. The SMILES string of the molecule is Cc1ccc(C2C(=C(O)c3c(C)nc4ccccn34)C(=O)C(=O)N2CCc2ccccc2)cc1. The van der Waals surface area contributed by atoms with E-state index in [1.807, 2.05) is 79.7 Å². The lowest BCUT2D eigenvalue weighted by atomic mass is 9.95. The van der Waals surface area contributed by atoms with Crippen molar-refractivity contribution in [3.8, 4) is 0 Å². The van der Waals surface area contributed by atoms with E-state index in [1.165, 1.54) is 0 Å². The zero-order valence-electron chi connectivity index (χ0n) is 19.1. The van der Waals surface area contributed by atoms with Crippen molar-refractivity contribution < 1.29 is 14.7 Å². The Hall–Kier alpha value is -4.19. The third-order valence-corrected chi connectivity index (χ3v) is 6.35. The first-order chi connectivity index (χ1) is 16.5. The number of Topliss-reactive ketones (excluding diaryl/α,β-unsaturated/α-hetero) is 1. The smallest absolute Gasteiger partial charge is 0.295 e. The fraction of sp³-hybridized carbons (Fsp3) is 0.179. The second kappa shape index (κ2) is 8.63. The average Bonchev–Trinajstić information content (AvgIpc) is 3.31. The van der Waals surface area contributed by atoms with Crippen LogP contribution in [0.5, 0.6) is 0 Å². The monoisotopic (exact) mass is 451 g/mol. The van der Waals surface area contributed by atoms with Crippen LogP contribution in [-0.2, 0) is 16.0 Å². The minimum absolute atomic E-state index is 0.0932. The van der Waals surface area contributed by atoms with Crippen LogP contribution < -0.4 is 0 Å². The summed E-state index contributed by atoms with van der Waals surface area (Å²) in [6.45, 7) is 4.13. The second-order valence-electron chi connectivity index (χ2n) is 8.61. The highest BCUT2D eigenvalue weighted by molar-refractivity contribution is 6.46. The number of rotatable bonds is 5. The molecule has 2 aromatic heterocycles. The number of aryl methyl sites for hydroxylation is 2. The molecule has 1 amide bonds. The standard InChI is InChI=1S/C28H25N3O3/c1-18-11-13-21(14-12-18)25-23(26(32)24-19(2)29-22-10-6-7-16-30(22)24)27(33)28(34)31(25)17-15-20-8-4-3-5-9-20/h3-14,16,25,32H,15,17H2,1-2H3. The van der Waals surface area contributed by atoms with Gasteiger partial charge in [0.05, 0.1) is 17.3 Å². The molecule has 2 aromatic carbocycles. The van der Waals surface area contributed by atoms with Crippen molar-refractivity contribution in [3.05, 3.63) is 113 Å². The van der Waals surface area contributed by atoms with Crippen LogP contribution in [0.25, 0.3) is 11.4 Å². The van der Waals surface area contributed by atoms with Crippen molar-refractivity contribution in [1.82, 2.24) is 14.3 Å². The summed E-state index contributed by atoms with van der Waals surface area (Å²) >= 11 is 0. The number of carbonyl (C=O) groups is 2. The predicted octanol–water partition coefficient (Wildman–Crippen LogP) is 4.62. The Labute approximate surface area is 197 Å². The summed E-state index contributed by atoms with van der Waals surface area (Å²) in [6.07, 6.45) is 2.39. The summed E-state index contributed by atoms with van der Waals surface area (Å²) in [5.74, 6) is -1.49. The zero-order valence-corrected chi connectivity index (χ0v) is 19.1. The molecule has 0 radical (unpaired) electrons. The van der Waals surface area contributed by atoms with Gasteiger partial charge in [-0.05, 0) is 43.5 Å². The number of pyridine rings is 1. The van der Waals surface area contributed by atoms with Crippen molar-refractivity contribution >= 4 is 23.1 Å². The number of amides is 1. The van der Waals surface area contributed by atoms with E-state index in [0.717, 1.165) is 16.7 Å². The molecule has 0 spiro atoms. The Morgan fingerprint density at radius 2 is 1.65 bits per heavy atom. The molecular weight excluding hydrogens is 426 g/mol. The van der Waals surface area contributed by atoms with E-state index in [-0.39, 0.29) is 11.3 Å². The summed E-state index contributed by atoms with van der Waals surface area (Å²) < 4.78 is 1.74. The number of aliphatic hydroxyl groups is 1. The molecule has 1 N–H and O–H groups in total. The number of imidazole rings is 1. The molecule has 1 atom stereocenters. The number of ketones is 1. The van der Waals surface area contributed by atoms with Crippen LogP contribution >= 0.6 is 0 Å². The van der Waals surface area contributed by atoms with E-state index < -0.39 is 17.7 Å². The summed E-state index contributed by atoms with van der Waals surface area (Å²) in [4.78, 5) is 32.6. The molecule has 0 saturated carbocycles. The molecule has 3 heterocycles. The molecule has 1 aliphatic heterocycles. The highest BCUT2D eigenvalue weighted by atomic mass is 16.3. The fourth-order valence-electron chi connectivity index (χ4n) is 4.63. The number of aromatic nitrogens is 2. The van der Waals surface area contributed by atoms with Crippen LogP contribution in [0.3, 0.4) is 0 Å². The normalized spacial score (nSPS) is 17.6. The van der Waals surface area contributed by atoms with E-state index in [4.69, 9.17) is 0 Å². The first kappa shape index (κ1) is 21.6. The van der Waals surface area contributed by atoms with Gasteiger partial charge in [0, 0.05) is 12.7 Å². The Kier molecular flexibility index (Phi) is 5.49. The summed E-state index contributed by atoms with van der Waals surface area (Å²) in [6, 6.07) is 22.4. The van der Waals surface area contributed by atoms with Gasteiger partial charge in [0.25, 0.3) is 11.7 Å². The predicted molar refractivity (Wildman–Crippen MR) is 130 cm³/mol. The van der Waals surface area contributed by atoms with Gasteiger partial charge in [-0.1, -0.05) is 66.2 Å². The van der Waals surface area contributed by atoms with Gasteiger partial charge in [0.2, 0.25) is 0 Å². The number of aliphatic hydroxyl groups excluding tert-OH is 1. The number of carbonyl (C=O) groups excluding carboxylic acids is 2. The van der Waals surface area contributed by atoms with E-state index in [1.54, 1.807) is 22.4 Å². The molecular formula is C28H25N3O3. The van der Waals surface area contributed by atoms with Gasteiger partial charge in [0.15, 0.2) is 5.76 Å². The van der Waals surface area contributed by atoms with Gasteiger partial charge >= 0.3 is 0 Å². The maximum atomic E-state index is 13.3. The average molecular weight is 452 g/mol. The van der Waals surface area contributed by atoms with Gasteiger partial charge in [0.1, 0.15) is 11.3 Å². The third kappa shape index (κ3) is 3.67. The van der Waals surface area contributed by atoms with Gasteiger partial charge in [-0.2, -0.15) is 0 Å². The van der Waals surface area contributed by atoms with E-state index in [0.29, 0.717) is 30.0 Å². The Balaban J connectivity index is 1.65. The third-order valence-electron chi connectivity index (χ3n) is 6.35. The molecule has 0 bridgehead atoms. The van der Waals surface area contributed by atoms with Gasteiger partial charge in [-0.15, -0.1) is 0 Å². The van der Waals surface area contributed by atoms with Crippen molar-refractivity contribution in [2.75, 3.05) is 6.54 Å². The lowest BCUT2D eigenvalue weighted by molar-refractivity contribution is -0.139. The van der Waals surface area contributed by atoms with Crippen molar-refractivity contribution in [3.63, 3.8) is 0 Å². The number of hydrogen-bond acceptors (Lipinski definition) is 4. The Bertz CT molecular complexity index is 1420.